The molecule has 4 unspecified atom stereocenters. The average molecular weight is 172 g/mol. The maximum Gasteiger partial charge on any atom is 0.0864 e. The van der Waals surface area contributed by atoms with Crippen molar-refractivity contribution in [3.8, 4) is 0 Å². The molecule has 3 heteroatoms. The molecule has 12 heavy (non-hydrogen) atoms. The number of aliphatic hydroxyl groups excluding tert-OH is 1. The Morgan fingerprint density at radius 3 is 3.00 bits per heavy atom. The lowest BCUT2D eigenvalue weighted by molar-refractivity contribution is -0.0345. The fourth-order valence-corrected chi connectivity index (χ4v) is 2.02. The average Bonchev–Trinajstić information content (AvgIpc) is 2.60. The summed E-state index contributed by atoms with van der Waals surface area (Å²) >= 11 is 0. The highest BCUT2D eigenvalue weighted by atomic mass is 16.6. The molecule has 70 valence electrons. The van der Waals surface area contributed by atoms with Gasteiger partial charge >= 0.3 is 0 Å². The van der Waals surface area contributed by atoms with E-state index in [2.05, 4.69) is 0 Å². The highest BCUT2D eigenvalue weighted by Gasteiger charge is 2.41. The first kappa shape index (κ1) is 8.48. The van der Waals surface area contributed by atoms with Crippen LogP contribution in [0.5, 0.6) is 0 Å². The Morgan fingerprint density at radius 1 is 1.50 bits per heavy atom. The molecule has 0 aromatic carbocycles. The summed E-state index contributed by atoms with van der Waals surface area (Å²) in [5.74, 6) is 0. The van der Waals surface area contributed by atoms with Crippen molar-refractivity contribution < 1.29 is 14.6 Å². The van der Waals surface area contributed by atoms with Gasteiger partial charge in [-0.2, -0.15) is 0 Å². The van der Waals surface area contributed by atoms with Gasteiger partial charge < -0.3 is 14.6 Å². The molecule has 0 amide bonds. The van der Waals surface area contributed by atoms with Crippen LogP contribution in [0, 0.1) is 0 Å². The van der Waals surface area contributed by atoms with E-state index >= 15 is 0 Å². The van der Waals surface area contributed by atoms with Crippen molar-refractivity contribution in [3.05, 3.63) is 0 Å². The first-order valence-corrected chi connectivity index (χ1v) is 4.76. The third kappa shape index (κ3) is 1.37. The molecule has 2 rings (SSSR count). The molecule has 3 nitrogen and oxygen atoms in total. The summed E-state index contributed by atoms with van der Waals surface area (Å²) in [6.07, 6.45) is 2.87. The van der Waals surface area contributed by atoms with E-state index in [4.69, 9.17) is 9.47 Å². The van der Waals surface area contributed by atoms with Crippen molar-refractivity contribution in [2.45, 2.75) is 50.6 Å². The second-order valence-corrected chi connectivity index (χ2v) is 3.62. The summed E-state index contributed by atoms with van der Waals surface area (Å²) in [4.78, 5) is 0. The summed E-state index contributed by atoms with van der Waals surface area (Å²) in [6, 6.07) is 0. The summed E-state index contributed by atoms with van der Waals surface area (Å²) in [5, 5.41) is 9.53. The van der Waals surface area contributed by atoms with E-state index in [-0.39, 0.29) is 24.4 Å². The zero-order chi connectivity index (χ0) is 8.55. The van der Waals surface area contributed by atoms with Crippen LogP contribution in [0.15, 0.2) is 0 Å². The van der Waals surface area contributed by atoms with E-state index in [1.165, 1.54) is 0 Å². The van der Waals surface area contributed by atoms with Gasteiger partial charge in [-0.1, -0.05) is 6.92 Å². The van der Waals surface area contributed by atoms with Crippen molar-refractivity contribution in [2.75, 3.05) is 6.61 Å². The van der Waals surface area contributed by atoms with Gasteiger partial charge in [0.15, 0.2) is 0 Å². The zero-order valence-corrected chi connectivity index (χ0v) is 7.40. The molecule has 4 atom stereocenters. The number of rotatable bonds is 2. The van der Waals surface area contributed by atoms with E-state index in [1.807, 2.05) is 6.92 Å². The van der Waals surface area contributed by atoms with E-state index in [0.29, 0.717) is 0 Å². The number of ether oxygens (including phenoxy) is 2. The van der Waals surface area contributed by atoms with Crippen molar-refractivity contribution in [1.29, 1.82) is 0 Å². The number of aliphatic hydroxyl groups is 1. The number of fused-ring (bicyclic) bond motifs is 1. The SMILES string of the molecule is CCC(O)C1CC2OCCC2O1. The van der Waals surface area contributed by atoms with Crippen LogP contribution in [0.2, 0.25) is 0 Å². The van der Waals surface area contributed by atoms with Crippen LogP contribution in [-0.2, 0) is 9.47 Å². The van der Waals surface area contributed by atoms with Gasteiger partial charge in [0.25, 0.3) is 0 Å². The summed E-state index contributed by atoms with van der Waals surface area (Å²) < 4.78 is 11.1. The van der Waals surface area contributed by atoms with Gasteiger partial charge in [0.2, 0.25) is 0 Å². The van der Waals surface area contributed by atoms with Crippen LogP contribution >= 0.6 is 0 Å². The van der Waals surface area contributed by atoms with Crippen molar-refractivity contribution in [3.63, 3.8) is 0 Å². The van der Waals surface area contributed by atoms with Crippen molar-refractivity contribution in [1.82, 2.24) is 0 Å². The molecule has 2 heterocycles. The minimum absolute atomic E-state index is 0.0188. The molecule has 0 bridgehead atoms. The molecule has 0 saturated carbocycles. The first-order valence-electron chi connectivity index (χ1n) is 4.76. The monoisotopic (exact) mass is 172 g/mol. The third-order valence-corrected chi connectivity index (χ3v) is 2.81. The first-order chi connectivity index (χ1) is 5.81. The second-order valence-electron chi connectivity index (χ2n) is 3.62. The fourth-order valence-electron chi connectivity index (χ4n) is 2.02. The van der Waals surface area contributed by atoms with E-state index in [9.17, 15) is 5.11 Å². The molecular formula is C9H16O3. The lowest BCUT2D eigenvalue weighted by atomic mass is 10.1. The van der Waals surface area contributed by atoms with Crippen LogP contribution in [-0.4, -0.2) is 36.1 Å². The van der Waals surface area contributed by atoms with Gasteiger partial charge in [0, 0.05) is 13.0 Å². The van der Waals surface area contributed by atoms with E-state index in [1.54, 1.807) is 0 Å². The predicted molar refractivity (Wildman–Crippen MR) is 43.9 cm³/mol. The Morgan fingerprint density at radius 2 is 2.33 bits per heavy atom. The largest absolute Gasteiger partial charge is 0.390 e. The topological polar surface area (TPSA) is 38.7 Å². The molecule has 0 spiro atoms. The molecular weight excluding hydrogens is 156 g/mol. The van der Waals surface area contributed by atoms with Crippen LogP contribution in [0.3, 0.4) is 0 Å². The van der Waals surface area contributed by atoms with Gasteiger partial charge in [0.1, 0.15) is 0 Å². The molecule has 0 radical (unpaired) electrons. The van der Waals surface area contributed by atoms with Crippen LogP contribution in [0.4, 0.5) is 0 Å². The van der Waals surface area contributed by atoms with Crippen LogP contribution in [0.1, 0.15) is 26.2 Å². The minimum atomic E-state index is -0.306. The Bertz CT molecular complexity index is 148. The third-order valence-electron chi connectivity index (χ3n) is 2.81. The Kier molecular flexibility index (Phi) is 2.35. The van der Waals surface area contributed by atoms with Gasteiger partial charge in [-0.25, -0.2) is 0 Å². The van der Waals surface area contributed by atoms with E-state index < -0.39 is 0 Å². The molecule has 2 aliphatic rings. The molecule has 2 saturated heterocycles. The lowest BCUT2D eigenvalue weighted by Crippen LogP contribution is -2.25. The second kappa shape index (κ2) is 3.32. The van der Waals surface area contributed by atoms with Crippen molar-refractivity contribution in [2.24, 2.45) is 0 Å². The summed E-state index contributed by atoms with van der Waals surface area (Å²) in [6.45, 7) is 2.80. The summed E-state index contributed by atoms with van der Waals surface area (Å²) in [7, 11) is 0. The van der Waals surface area contributed by atoms with Gasteiger partial charge in [-0.05, 0) is 12.8 Å². The van der Waals surface area contributed by atoms with Gasteiger partial charge in [-0.3, -0.25) is 0 Å². The summed E-state index contributed by atoms with van der Waals surface area (Å²) in [5.41, 5.74) is 0. The lowest BCUT2D eigenvalue weighted by Gasteiger charge is -2.16. The standard InChI is InChI=1S/C9H16O3/c1-2-6(10)8-5-9-7(12-8)3-4-11-9/h6-10H,2-5H2,1H3. The van der Waals surface area contributed by atoms with Crippen LogP contribution < -0.4 is 0 Å². The van der Waals surface area contributed by atoms with Crippen LogP contribution in [0.25, 0.3) is 0 Å². The Balaban J connectivity index is 1.90. The molecule has 2 aliphatic heterocycles. The fraction of sp³-hybridized carbons (Fsp3) is 1.00. The quantitative estimate of drug-likeness (QED) is 0.666. The zero-order valence-electron chi connectivity index (χ0n) is 7.40. The molecule has 0 aliphatic carbocycles. The van der Waals surface area contributed by atoms with Gasteiger partial charge in [-0.15, -0.1) is 0 Å². The molecule has 1 N–H and O–H groups in total. The maximum absolute atomic E-state index is 9.53. The Hall–Kier alpha value is -0.120. The highest BCUT2D eigenvalue weighted by molar-refractivity contribution is 4.89. The predicted octanol–water partition coefficient (Wildman–Crippen LogP) is 0.704. The molecule has 0 aromatic rings. The number of hydrogen-bond donors (Lipinski definition) is 1. The number of hydrogen-bond acceptors (Lipinski definition) is 3. The Labute approximate surface area is 72.7 Å². The smallest absolute Gasteiger partial charge is 0.0864 e. The highest BCUT2D eigenvalue weighted by Crippen LogP contribution is 2.32. The minimum Gasteiger partial charge on any atom is -0.390 e. The van der Waals surface area contributed by atoms with Gasteiger partial charge in [0.05, 0.1) is 24.4 Å². The maximum atomic E-state index is 9.53. The molecule has 0 aromatic heterocycles. The normalized spacial score (nSPS) is 43.0. The molecule has 2 fully saturated rings. The van der Waals surface area contributed by atoms with Crippen molar-refractivity contribution >= 4 is 0 Å². The van der Waals surface area contributed by atoms with E-state index in [0.717, 1.165) is 25.9 Å².